The Morgan fingerprint density at radius 1 is 1.03 bits per heavy atom. The van der Waals surface area contributed by atoms with Crippen molar-refractivity contribution in [3.05, 3.63) is 97.2 Å². The van der Waals surface area contributed by atoms with E-state index in [-0.39, 0.29) is 5.56 Å². The summed E-state index contributed by atoms with van der Waals surface area (Å²) in [4.78, 5) is 21.5. The van der Waals surface area contributed by atoms with Crippen molar-refractivity contribution < 1.29 is 4.74 Å². The van der Waals surface area contributed by atoms with Gasteiger partial charge in [-0.2, -0.15) is 0 Å². The Morgan fingerprint density at radius 2 is 1.84 bits per heavy atom. The molecule has 3 aromatic carbocycles. The minimum Gasteiger partial charge on any atom is -0.497 e. The number of benzene rings is 3. The second-order valence-corrected chi connectivity index (χ2v) is 8.92. The number of hydrogen-bond acceptors (Lipinski definition) is 3. The summed E-state index contributed by atoms with van der Waals surface area (Å²) in [5.41, 5.74) is 3.20. The Balaban J connectivity index is 1.71. The van der Waals surface area contributed by atoms with Crippen LogP contribution in [0.2, 0.25) is 5.02 Å². The summed E-state index contributed by atoms with van der Waals surface area (Å²) < 4.78 is 7.95. The summed E-state index contributed by atoms with van der Waals surface area (Å²) in [6, 6.07) is 18.7. The third-order valence-electron chi connectivity index (χ3n) is 5.27. The van der Waals surface area contributed by atoms with Crippen LogP contribution in [-0.4, -0.2) is 21.6 Å². The van der Waals surface area contributed by atoms with Crippen molar-refractivity contribution in [2.24, 2.45) is 0 Å². The number of methoxy groups -OCH3 is 1. The molecule has 0 radical (unpaired) electrons. The van der Waals surface area contributed by atoms with Gasteiger partial charge in [0.15, 0.2) is 0 Å². The molecule has 0 saturated carbocycles. The smallest absolute Gasteiger partial charge is 0.266 e. The van der Waals surface area contributed by atoms with Crippen molar-refractivity contribution in [2.75, 3.05) is 7.11 Å². The summed E-state index contributed by atoms with van der Waals surface area (Å²) >= 11 is 8.27. The molecule has 5 rings (SSSR count). The van der Waals surface area contributed by atoms with Crippen LogP contribution in [-0.2, 0) is 0 Å². The predicted octanol–water partition coefficient (Wildman–Crippen LogP) is 6.30. The molecule has 0 saturated heterocycles. The molecule has 0 unspecified atom stereocenters. The van der Waals surface area contributed by atoms with Gasteiger partial charge < -0.3 is 9.72 Å². The van der Waals surface area contributed by atoms with Gasteiger partial charge in [-0.3, -0.25) is 9.36 Å². The molecule has 0 aliphatic rings. The van der Waals surface area contributed by atoms with Crippen LogP contribution in [0.15, 0.2) is 71.7 Å². The van der Waals surface area contributed by atoms with E-state index in [4.69, 9.17) is 21.3 Å². The van der Waals surface area contributed by atoms with Gasteiger partial charge in [0.05, 0.1) is 23.7 Å². The fraction of sp³-hybridized carbons (Fsp3) is 0.0400. The molecular formula is C25H17ClIN3O2. The van der Waals surface area contributed by atoms with Crippen LogP contribution in [0.3, 0.4) is 0 Å². The molecule has 5 nitrogen and oxygen atoms in total. The largest absolute Gasteiger partial charge is 0.497 e. The maximum absolute atomic E-state index is 13.5. The molecule has 32 heavy (non-hydrogen) atoms. The van der Waals surface area contributed by atoms with Crippen molar-refractivity contribution in [1.82, 2.24) is 14.5 Å². The number of aromatic amines is 1. The van der Waals surface area contributed by atoms with Crippen LogP contribution in [0.25, 0.3) is 39.6 Å². The molecule has 158 valence electrons. The minimum absolute atomic E-state index is 0.129. The second-order valence-electron chi connectivity index (χ2n) is 7.24. The monoisotopic (exact) mass is 553 g/mol. The van der Waals surface area contributed by atoms with E-state index >= 15 is 0 Å². The standard InChI is InChI=1S/C25H17ClIN3O2/c1-32-19-8-10-22-20(13-19)15(14-28-22)2-11-24-29-23-9-5-17(27)12-21(23)25(31)30(24)18-6-3-16(26)4-7-18/h2-14,28H,1H3. The number of H-pyrrole nitrogens is 1. The lowest BCUT2D eigenvalue weighted by molar-refractivity contribution is 0.415. The van der Waals surface area contributed by atoms with Crippen LogP contribution in [0.1, 0.15) is 11.4 Å². The molecule has 2 aromatic heterocycles. The van der Waals surface area contributed by atoms with Crippen LogP contribution in [0.5, 0.6) is 5.75 Å². The highest BCUT2D eigenvalue weighted by atomic mass is 127. The first-order chi connectivity index (χ1) is 15.5. The van der Waals surface area contributed by atoms with Crippen molar-refractivity contribution in [1.29, 1.82) is 0 Å². The number of fused-ring (bicyclic) bond motifs is 2. The first kappa shape index (κ1) is 20.8. The van der Waals surface area contributed by atoms with Gasteiger partial charge in [0.25, 0.3) is 5.56 Å². The molecule has 0 bridgehead atoms. The predicted molar refractivity (Wildman–Crippen MR) is 139 cm³/mol. The summed E-state index contributed by atoms with van der Waals surface area (Å²) in [6.45, 7) is 0. The summed E-state index contributed by atoms with van der Waals surface area (Å²) in [7, 11) is 1.65. The third-order valence-corrected chi connectivity index (χ3v) is 6.20. The fourth-order valence-electron chi connectivity index (χ4n) is 3.68. The quantitative estimate of drug-likeness (QED) is 0.266. The van der Waals surface area contributed by atoms with Crippen molar-refractivity contribution >= 4 is 68.1 Å². The van der Waals surface area contributed by atoms with Gasteiger partial charge in [0.2, 0.25) is 0 Å². The van der Waals surface area contributed by atoms with E-state index in [1.807, 2.05) is 66.9 Å². The van der Waals surface area contributed by atoms with Crippen molar-refractivity contribution in [2.45, 2.75) is 0 Å². The molecule has 0 aliphatic heterocycles. The van der Waals surface area contributed by atoms with Crippen LogP contribution < -0.4 is 10.3 Å². The Bertz CT molecular complexity index is 1550. The van der Waals surface area contributed by atoms with Crippen molar-refractivity contribution in [3.63, 3.8) is 0 Å². The first-order valence-electron chi connectivity index (χ1n) is 9.85. The van der Waals surface area contributed by atoms with E-state index in [0.717, 1.165) is 25.8 Å². The Labute approximate surface area is 202 Å². The number of hydrogen-bond donors (Lipinski definition) is 1. The van der Waals surface area contributed by atoms with Gasteiger partial charge in [0, 0.05) is 31.3 Å². The average Bonchev–Trinajstić information content (AvgIpc) is 3.21. The second kappa shape index (κ2) is 8.44. The molecule has 5 aromatic rings. The number of ether oxygens (including phenoxy) is 1. The highest BCUT2D eigenvalue weighted by Gasteiger charge is 2.12. The van der Waals surface area contributed by atoms with Gasteiger partial charge in [-0.1, -0.05) is 11.6 Å². The maximum Gasteiger partial charge on any atom is 0.266 e. The number of rotatable bonds is 4. The summed E-state index contributed by atoms with van der Waals surface area (Å²) in [6.07, 6.45) is 5.73. The van der Waals surface area contributed by atoms with Crippen LogP contribution >= 0.6 is 34.2 Å². The zero-order valence-corrected chi connectivity index (χ0v) is 19.9. The number of nitrogens with one attached hydrogen (secondary N) is 1. The van der Waals surface area contributed by atoms with Gasteiger partial charge in [-0.15, -0.1) is 0 Å². The van der Waals surface area contributed by atoms with E-state index in [0.29, 0.717) is 27.4 Å². The zero-order chi connectivity index (χ0) is 22.2. The topological polar surface area (TPSA) is 59.9 Å². The Morgan fingerprint density at radius 3 is 2.62 bits per heavy atom. The lowest BCUT2D eigenvalue weighted by Gasteiger charge is -2.12. The molecule has 1 N–H and O–H groups in total. The zero-order valence-electron chi connectivity index (χ0n) is 17.0. The summed E-state index contributed by atoms with van der Waals surface area (Å²) in [5, 5.41) is 2.20. The molecule has 2 heterocycles. The summed E-state index contributed by atoms with van der Waals surface area (Å²) in [5.74, 6) is 1.31. The van der Waals surface area contributed by atoms with E-state index in [2.05, 4.69) is 27.6 Å². The Hall–Kier alpha value is -3.10. The minimum atomic E-state index is -0.129. The van der Waals surface area contributed by atoms with Crippen LogP contribution in [0.4, 0.5) is 0 Å². The van der Waals surface area contributed by atoms with Gasteiger partial charge in [-0.05, 0) is 95.4 Å². The van der Waals surface area contributed by atoms with Gasteiger partial charge >= 0.3 is 0 Å². The fourth-order valence-corrected chi connectivity index (χ4v) is 4.29. The molecule has 0 amide bonds. The van der Waals surface area contributed by atoms with E-state index in [1.54, 1.807) is 23.8 Å². The Kier molecular flexibility index (Phi) is 5.48. The number of aromatic nitrogens is 3. The average molecular weight is 554 g/mol. The first-order valence-corrected chi connectivity index (χ1v) is 11.3. The SMILES string of the molecule is COc1ccc2[nH]cc(C=Cc3nc4ccc(I)cc4c(=O)n3-c3ccc(Cl)cc3)c2c1. The molecule has 0 aliphatic carbocycles. The van der Waals surface area contributed by atoms with Crippen LogP contribution in [0, 0.1) is 3.57 Å². The normalized spacial score (nSPS) is 11.6. The third kappa shape index (κ3) is 3.80. The molecule has 0 spiro atoms. The molecule has 0 atom stereocenters. The highest BCUT2D eigenvalue weighted by molar-refractivity contribution is 14.1. The maximum atomic E-state index is 13.5. The van der Waals surface area contributed by atoms with E-state index < -0.39 is 0 Å². The lowest BCUT2D eigenvalue weighted by atomic mass is 10.1. The van der Waals surface area contributed by atoms with Crippen molar-refractivity contribution in [3.8, 4) is 11.4 Å². The highest BCUT2D eigenvalue weighted by Crippen LogP contribution is 2.25. The van der Waals surface area contributed by atoms with E-state index in [9.17, 15) is 4.79 Å². The van der Waals surface area contributed by atoms with E-state index in [1.165, 1.54) is 0 Å². The van der Waals surface area contributed by atoms with Gasteiger partial charge in [-0.25, -0.2) is 4.98 Å². The molecule has 7 heteroatoms. The van der Waals surface area contributed by atoms with Gasteiger partial charge in [0.1, 0.15) is 11.6 Å². The molecule has 0 fully saturated rings. The number of nitrogens with zero attached hydrogens (tertiary/aromatic N) is 2. The molecular weight excluding hydrogens is 537 g/mol. The number of halogens is 2. The lowest BCUT2D eigenvalue weighted by Crippen LogP contribution is -2.22.